The normalized spacial score (nSPS) is 12.0. The van der Waals surface area contributed by atoms with Gasteiger partial charge in [-0.05, 0) is 32.4 Å². The lowest BCUT2D eigenvalue weighted by Crippen LogP contribution is -2.15. The van der Waals surface area contributed by atoms with Crippen molar-refractivity contribution in [3.05, 3.63) is 17.8 Å². The average molecular weight is 214 g/mol. The highest BCUT2D eigenvalue weighted by Gasteiger charge is 2.20. The molecule has 0 aromatic carbocycles. The van der Waals surface area contributed by atoms with Gasteiger partial charge in [0.2, 0.25) is 0 Å². The zero-order valence-corrected chi connectivity index (χ0v) is 9.30. The first-order valence-corrected chi connectivity index (χ1v) is 5.86. The van der Waals surface area contributed by atoms with Crippen molar-refractivity contribution in [3.8, 4) is 0 Å². The van der Waals surface area contributed by atoms with Gasteiger partial charge < -0.3 is 5.73 Å². The van der Waals surface area contributed by atoms with Crippen molar-refractivity contribution in [3.63, 3.8) is 0 Å². The molecule has 0 atom stereocenters. The van der Waals surface area contributed by atoms with E-state index in [1.54, 1.807) is 20.8 Å². The maximum absolute atomic E-state index is 11.7. The Balaban J connectivity index is 3.29. The van der Waals surface area contributed by atoms with Crippen LogP contribution in [-0.2, 0) is 9.84 Å². The smallest absolute Gasteiger partial charge is 0.197 e. The Hall–Kier alpha value is -1.10. The number of nitrogen functional groups attached to an aromatic ring is 1. The third-order valence-electron chi connectivity index (χ3n) is 2.03. The Labute approximate surface area is 84.1 Å². The van der Waals surface area contributed by atoms with E-state index in [9.17, 15) is 8.42 Å². The minimum Gasteiger partial charge on any atom is -0.398 e. The van der Waals surface area contributed by atoms with E-state index in [4.69, 9.17) is 5.73 Å². The molecule has 0 saturated heterocycles. The van der Waals surface area contributed by atoms with Crippen LogP contribution in [0, 0.1) is 6.92 Å². The highest BCUT2D eigenvalue weighted by Crippen LogP contribution is 2.17. The quantitative estimate of drug-likeness (QED) is 0.801. The summed E-state index contributed by atoms with van der Waals surface area (Å²) in [6.07, 6.45) is 1.48. The summed E-state index contributed by atoms with van der Waals surface area (Å²) < 4.78 is 23.4. The Kier molecular flexibility index (Phi) is 2.80. The highest BCUT2D eigenvalue weighted by atomic mass is 32.2. The summed E-state index contributed by atoms with van der Waals surface area (Å²) in [4.78, 5) is 3.86. The molecule has 0 saturated carbocycles. The van der Waals surface area contributed by atoms with Gasteiger partial charge >= 0.3 is 0 Å². The topological polar surface area (TPSA) is 73.0 Å². The first-order valence-electron chi connectivity index (χ1n) is 4.31. The Bertz CT molecular complexity index is 438. The molecule has 2 N–H and O–H groups in total. The summed E-state index contributed by atoms with van der Waals surface area (Å²) in [6.45, 7) is 5.02. The van der Waals surface area contributed by atoms with Crippen molar-refractivity contribution in [2.24, 2.45) is 0 Å². The molecule has 0 unspecified atom stereocenters. The molecular formula is C9H14N2O2S. The molecule has 14 heavy (non-hydrogen) atoms. The van der Waals surface area contributed by atoms with Crippen molar-refractivity contribution in [2.75, 3.05) is 5.73 Å². The molecule has 78 valence electrons. The van der Waals surface area contributed by atoms with Crippen molar-refractivity contribution in [1.29, 1.82) is 0 Å². The van der Waals surface area contributed by atoms with E-state index in [0.717, 1.165) is 5.56 Å². The molecule has 0 bridgehead atoms. The fourth-order valence-corrected chi connectivity index (χ4v) is 1.89. The molecule has 1 aromatic rings. The standard InChI is InChI=1S/C9H14N2O2S/c1-6(2)14(12,13)9-4-8(10)7(3)5-11-9/h4-6H,1-3H3,(H2,10,11). The molecule has 0 amide bonds. The number of anilines is 1. The summed E-state index contributed by atoms with van der Waals surface area (Å²) in [5.74, 6) is 0. The molecule has 0 aliphatic rings. The summed E-state index contributed by atoms with van der Waals surface area (Å²) in [7, 11) is -3.31. The Morgan fingerprint density at radius 3 is 2.43 bits per heavy atom. The molecular weight excluding hydrogens is 200 g/mol. The van der Waals surface area contributed by atoms with Gasteiger partial charge in [0, 0.05) is 11.9 Å². The number of aryl methyl sites for hydroxylation is 1. The van der Waals surface area contributed by atoms with Crippen LogP contribution in [0.25, 0.3) is 0 Å². The second-order valence-electron chi connectivity index (χ2n) is 3.47. The fraction of sp³-hybridized carbons (Fsp3) is 0.444. The Morgan fingerprint density at radius 1 is 1.43 bits per heavy atom. The second-order valence-corrected chi connectivity index (χ2v) is 5.92. The number of nitrogens with zero attached hydrogens (tertiary/aromatic N) is 1. The molecule has 4 nitrogen and oxygen atoms in total. The first-order chi connectivity index (χ1) is 6.35. The van der Waals surface area contributed by atoms with E-state index in [2.05, 4.69) is 4.98 Å². The highest BCUT2D eigenvalue weighted by molar-refractivity contribution is 7.91. The maximum Gasteiger partial charge on any atom is 0.197 e. The maximum atomic E-state index is 11.7. The van der Waals surface area contributed by atoms with Gasteiger partial charge in [-0.1, -0.05) is 0 Å². The molecule has 0 fully saturated rings. The van der Waals surface area contributed by atoms with Crippen LogP contribution >= 0.6 is 0 Å². The van der Waals surface area contributed by atoms with Crippen LogP contribution in [0.2, 0.25) is 0 Å². The molecule has 1 rings (SSSR count). The number of hydrogen-bond acceptors (Lipinski definition) is 4. The lowest BCUT2D eigenvalue weighted by atomic mass is 10.3. The largest absolute Gasteiger partial charge is 0.398 e. The van der Waals surface area contributed by atoms with E-state index in [1.807, 2.05) is 0 Å². The van der Waals surface area contributed by atoms with Crippen molar-refractivity contribution in [2.45, 2.75) is 31.0 Å². The monoisotopic (exact) mass is 214 g/mol. The van der Waals surface area contributed by atoms with E-state index >= 15 is 0 Å². The van der Waals surface area contributed by atoms with Gasteiger partial charge in [0.15, 0.2) is 14.9 Å². The van der Waals surface area contributed by atoms with Crippen molar-refractivity contribution >= 4 is 15.5 Å². The van der Waals surface area contributed by atoms with Crippen LogP contribution in [0.3, 0.4) is 0 Å². The number of rotatable bonds is 2. The van der Waals surface area contributed by atoms with Crippen LogP contribution in [-0.4, -0.2) is 18.7 Å². The second kappa shape index (κ2) is 3.57. The van der Waals surface area contributed by atoms with Gasteiger partial charge in [0.25, 0.3) is 0 Å². The predicted molar refractivity (Wildman–Crippen MR) is 55.7 cm³/mol. The van der Waals surface area contributed by atoms with Gasteiger partial charge in [-0.2, -0.15) is 0 Å². The lowest BCUT2D eigenvalue weighted by Gasteiger charge is -2.08. The number of pyridine rings is 1. The summed E-state index contributed by atoms with van der Waals surface area (Å²) in [5.41, 5.74) is 6.86. The van der Waals surface area contributed by atoms with Gasteiger partial charge in [0.1, 0.15) is 0 Å². The first kappa shape index (κ1) is 11.0. The molecule has 5 heteroatoms. The molecule has 1 aromatic heterocycles. The number of aromatic nitrogens is 1. The average Bonchev–Trinajstić information content (AvgIpc) is 2.09. The van der Waals surface area contributed by atoms with Crippen molar-refractivity contribution in [1.82, 2.24) is 4.98 Å². The molecule has 0 aliphatic carbocycles. The van der Waals surface area contributed by atoms with Gasteiger partial charge in [0.05, 0.1) is 5.25 Å². The van der Waals surface area contributed by atoms with Gasteiger partial charge in [-0.15, -0.1) is 0 Å². The van der Waals surface area contributed by atoms with Crippen LogP contribution in [0.4, 0.5) is 5.69 Å². The van der Waals surface area contributed by atoms with Gasteiger partial charge in [-0.25, -0.2) is 13.4 Å². The zero-order valence-electron chi connectivity index (χ0n) is 8.48. The molecule has 0 radical (unpaired) electrons. The summed E-state index contributed by atoms with van der Waals surface area (Å²) in [6, 6.07) is 1.41. The van der Waals surface area contributed by atoms with Crippen LogP contribution in [0.5, 0.6) is 0 Å². The van der Waals surface area contributed by atoms with E-state index in [-0.39, 0.29) is 5.03 Å². The summed E-state index contributed by atoms with van der Waals surface area (Å²) >= 11 is 0. The van der Waals surface area contributed by atoms with E-state index < -0.39 is 15.1 Å². The van der Waals surface area contributed by atoms with Crippen LogP contribution in [0.15, 0.2) is 17.3 Å². The third-order valence-corrected chi connectivity index (χ3v) is 4.08. The lowest BCUT2D eigenvalue weighted by molar-refractivity contribution is 0.583. The fourth-order valence-electron chi connectivity index (χ4n) is 0.916. The molecule has 0 aliphatic heterocycles. The minimum absolute atomic E-state index is 0.0515. The Morgan fingerprint density at radius 2 is 2.00 bits per heavy atom. The van der Waals surface area contributed by atoms with Crippen molar-refractivity contribution < 1.29 is 8.42 Å². The van der Waals surface area contributed by atoms with Gasteiger partial charge in [-0.3, -0.25) is 0 Å². The number of sulfone groups is 1. The predicted octanol–water partition coefficient (Wildman–Crippen LogP) is 1.15. The molecule has 0 spiro atoms. The van der Waals surface area contributed by atoms with E-state index in [1.165, 1.54) is 12.3 Å². The molecule has 1 heterocycles. The number of hydrogen-bond donors (Lipinski definition) is 1. The summed E-state index contributed by atoms with van der Waals surface area (Å²) in [5, 5.41) is -0.423. The van der Waals surface area contributed by atoms with E-state index in [0.29, 0.717) is 5.69 Å². The van der Waals surface area contributed by atoms with Crippen LogP contribution in [0.1, 0.15) is 19.4 Å². The zero-order chi connectivity index (χ0) is 10.9. The third kappa shape index (κ3) is 1.87. The number of nitrogens with two attached hydrogens (primary N) is 1. The SMILES string of the molecule is Cc1cnc(S(=O)(=O)C(C)C)cc1N. The minimum atomic E-state index is -3.31. The van der Waals surface area contributed by atoms with Crippen LogP contribution < -0.4 is 5.73 Å².